The molecule has 2 N–H and O–H groups in total. The van der Waals surface area contributed by atoms with Crippen molar-refractivity contribution in [1.29, 1.82) is 0 Å². The molecule has 0 radical (unpaired) electrons. The van der Waals surface area contributed by atoms with Gasteiger partial charge in [0.25, 0.3) is 0 Å². The maximum absolute atomic E-state index is 12.3. The molecule has 1 heterocycles. The van der Waals surface area contributed by atoms with Crippen LogP contribution < -0.4 is 5.32 Å². The van der Waals surface area contributed by atoms with Crippen molar-refractivity contribution in [3.63, 3.8) is 0 Å². The fourth-order valence-corrected chi connectivity index (χ4v) is 2.94. The summed E-state index contributed by atoms with van der Waals surface area (Å²) in [4.78, 5) is 26.0. The van der Waals surface area contributed by atoms with Gasteiger partial charge in [-0.15, -0.1) is 0 Å². The summed E-state index contributed by atoms with van der Waals surface area (Å²) in [5, 5.41) is 13.5. The third-order valence-electron chi connectivity index (χ3n) is 4.06. The first-order chi connectivity index (χ1) is 11.0. The Morgan fingerprint density at radius 1 is 1.39 bits per heavy atom. The Balaban J connectivity index is 1.88. The van der Waals surface area contributed by atoms with E-state index in [0.717, 1.165) is 12.8 Å². The van der Waals surface area contributed by atoms with Crippen molar-refractivity contribution in [3.8, 4) is 0 Å². The number of likely N-dealkylation sites (tertiary alicyclic amines) is 1. The average Bonchev–Trinajstić information content (AvgIpc) is 3.03. The topological polar surface area (TPSA) is 69.6 Å². The van der Waals surface area contributed by atoms with Crippen LogP contribution in [0, 0.1) is 0 Å². The summed E-state index contributed by atoms with van der Waals surface area (Å²) in [6, 6.07) is 6.44. The van der Waals surface area contributed by atoms with Gasteiger partial charge in [0.2, 0.25) is 11.8 Å². The van der Waals surface area contributed by atoms with Gasteiger partial charge >= 0.3 is 0 Å². The van der Waals surface area contributed by atoms with Crippen LogP contribution in [0.3, 0.4) is 0 Å². The molecular weight excluding hydrogens is 316 g/mol. The van der Waals surface area contributed by atoms with Crippen molar-refractivity contribution in [2.75, 3.05) is 13.1 Å². The normalized spacial score (nSPS) is 18.7. The van der Waals surface area contributed by atoms with Gasteiger partial charge in [0.05, 0.1) is 6.10 Å². The molecule has 0 aromatic heterocycles. The molecule has 1 saturated heterocycles. The van der Waals surface area contributed by atoms with Crippen molar-refractivity contribution >= 4 is 23.4 Å². The summed E-state index contributed by atoms with van der Waals surface area (Å²) in [5.41, 5.74) is 0.694. The zero-order valence-corrected chi connectivity index (χ0v) is 14.1. The molecule has 1 fully saturated rings. The predicted molar refractivity (Wildman–Crippen MR) is 89.1 cm³/mol. The Morgan fingerprint density at radius 2 is 2.09 bits per heavy atom. The standard InChI is InChI=1S/C17H23ClN2O3/c1-2-4-16(22)20-10-3-5-14(20)17(23)19-11-15(21)12-6-8-13(18)9-7-12/h6-9,14-15,21H,2-5,10-11H2,1H3,(H,19,23). The number of hydrogen-bond acceptors (Lipinski definition) is 3. The molecule has 23 heavy (non-hydrogen) atoms. The molecule has 1 aliphatic heterocycles. The average molecular weight is 339 g/mol. The third kappa shape index (κ3) is 4.69. The summed E-state index contributed by atoms with van der Waals surface area (Å²) in [7, 11) is 0. The first-order valence-electron chi connectivity index (χ1n) is 8.03. The van der Waals surface area contributed by atoms with Crippen LogP contribution in [0.2, 0.25) is 5.02 Å². The predicted octanol–water partition coefficient (Wildman–Crippen LogP) is 2.28. The van der Waals surface area contributed by atoms with E-state index in [2.05, 4.69) is 5.32 Å². The number of aliphatic hydroxyl groups excluding tert-OH is 1. The molecule has 2 unspecified atom stereocenters. The molecule has 1 aromatic carbocycles. The van der Waals surface area contributed by atoms with Crippen LogP contribution in [0.25, 0.3) is 0 Å². The molecule has 2 rings (SSSR count). The Hall–Kier alpha value is -1.59. The molecule has 5 nitrogen and oxygen atoms in total. The highest BCUT2D eigenvalue weighted by atomic mass is 35.5. The fourth-order valence-electron chi connectivity index (χ4n) is 2.81. The highest BCUT2D eigenvalue weighted by molar-refractivity contribution is 6.30. The van der Waals surface area contributed by atoms with Gasteiger partial charge in [-0.05, 0) is 37.0 Å². The van der Waals surface area contributed by atoms with Crippen LogP contribution in [-0.2, 0) is 9.59 Å². The van der Waals surface area contributed by atoms with E-state index in [1.165, 1.54) is 0 Å². The minimum atomic E-state index is -0.794. The zero-order valence-electron chi connectivity index (χ0n) is 13.3. The van der Waals surface area contributed by atoms with Crippen LogP contribution in [0.5, 0.6) is 0 Å². The molecule has 0 spiro atoms. The molecule has 1 aliphatic rings. The molecule has 2 atom stereocenters. The van der Waals surface area contributed by atoms with Crippen LogP contribution in [-0.4, -0.2) is 41.0 Å². The van der Waals surface area contributed by atoms with Crippen molar-refractivity contribution in [2.24, 2.45) is 0 Å². The number of halogens is 1. The molecule has 2 amide bonds. The van der Waals surface area contributed by atoms with Gasteiger partial charge in [-0.3, -0.25) is 9.59 Å². The molecule has 0 saturated carbocycles. The molecule has 126 valence electrons. The fraction of sp³-hybridized carbons (Fsp3) is 0.529. The lowest BCUT2D eigenvalue weighted by molar-refractivity contribution is -0.138. The van der Waals surface area contributed by atoms with Crippen molar-refractivity contribution in [1.82, 2.24) is 10.2 Å². The first-order valence-corrected chi connectivity index (χ1v) is 8.41. The number of rotatable bonds is 6. The summed E-state index contributed by atoms with van der Waals surface area (Å²) in [5.74, 6) is -0.164. The van der Waals surface area contributed by atoms with Gasteiger partial charge in [-0.1, -0.05) is 30.7 Å². The molecule has 6 heteroatoms. The highest BCUT2D eigenvalue weighted by Gasteiger charge is 2.33. The maximum Gasteiger partial charge on any atom is 0.242 e. The van der Waals surface area contributed by atoms with E-state index in [1.54, 1.807) is 29.2 Å². The van der Waals surface area contributed by atoms with Crippen molar-refractivity contribution in [2.45, 2.75) is 44.8 Å². The van der Waals surface area contributed by atoms with Crippen molar-refractivity contribution in [3.05, 3.63) is 34.9 Å². The first kappa shape index (κ1) is 17.8. The van der Waals surface area contributed by atoms with E-state index in [0.29, 0.717) is 30.0 Å². The number of hydrogen-bond donors (Lipinski definition) is 2. The van der Waals surface area contributed by atoms with Gasteiger partial charge in [0, 0.05) is 24.5 Å². The number of carbonyl (C=O) groups is 2. The Morgan fingerprint density at radius 3 is 2.74 bits per heavy atom. The second kappa shape index (κ2) is 8.31. The van der Waals surface area contributed by atoms with Gasteiger partial charge < -0.3 is 15.3 Å². The molecule has 1 aromatic rings. The van der Waals surface area contributed by atoms with E-state index < -0.39 is 12.1 Å². The quantitative estimate of drug-likeness (QED) is 0.836. The van der Waals surface area contributed by atoms with E-state index in [4.69, 9.17) is 11.6 Å². The lowest BCUT2D eigenvalue weighted by Gasteiger charge is -2.24. The second-order valence-electron chi connectivity index (χ2n) is 5.81. The largest absolute Gasteiger partial charge is 0.387 e. The molecular formula is C17H23ClN2O3. The summed E-state index contributed by atoms with van der Waals surface area (Å²) in [6.45, 7) is 2.70. The number of nitrogens with one attached hydrogen (secondary N) is 1. The zero-order chi connectivity index (χ0) is 16.8. The van der Waals surface area contributed by atoms with E-state index in [1.807, 2.05) is 6.92 Å². The van der Waals surface area contributed by atoms with Crippen molar-refractivity contribution < 1.29 is 14.7 Å². The second-order valence-corrected chi connectivity index (χ2v) is 6.24. The number of aliphatic hydroxyl groups is 1. The lowest BCUT2D eigenvalue weighted by atomic mass is 10.1. The van der Waals surface area contributed by atoms with Crippen LogP contribution in [0.15, 0.2) is 24.3 Å². The Labute approximate surface area is 141 Å². The number of amides is 2. The molecule has 0 aliphatic carbocycles. The minimum absolute atomic E-state index is 0.0309. The van der Waals surface area contributed by atoms with E-state index >= 15 is 0 Å². The summed E-state index contributed by atoms with van der Waals surface area (Å²) < 4.78 is 0. The number of benzene rings is 1. The SMILES string of the molecule is CCCC(=O)N1CCCC1C(=O)NCC(O)c1ccc(Cl)cc1. The third-order valence-corrected chi connectivity index (χ3v) is 4.32. The lowest BCUT2D eigenvalue weighted by Crippen LogP contribution is -2.46. The Bertz CT molecular complexity index is 547. The molecule has 0 bridgehead atoms. The van der Waals surface area contributed by atoms with Crippen LogP contribution in [0.1, 0.15) is 44.3 Å². The number of nitrogens with zero attached hydrogens (tertiary/aromatic N) is 1. The Kier molecular flexibility index (Phi) is 6.42. The van der Waals surface area contributed by atoms with Gasteiger partial charge in [0.15, 0.2) is 0 Å². The van der Waals surface area contributed by atoms with Crippen LogP contribution in [0.4, 0.5) is 0 Å². The minimum Gasteiger partial charge on any atom is -0.387 e. The van der Waals surface area contributed by atoms with E-state index in [-0.39, 0.29) is 18.4 Å². The van der Waals surface area contributed by atoms with Gasteiger partial charge in [-0.2, -0.15) is 0 Å². The van der Waals surface area contributed by atoms with Gasteiger partial charge in [0.1, 0.15) is 6.04 Å². The summed E-state index contributed by atoms with van der Waals surface area (Å²) >= 11 is 5.81. The van der Waals surface area contributed by atoms with E-state index in [9.17, 15) is 14.7 Å². The van der Waals surface area contributed by atoms with Crippen LogP contribution >= 0.6 is 11.6 Å². The van der Waals surface area contributed by atoms with Gasteiger partial charge in [-0.25, -0.2) is 0 Å². The smallest absolute Gasteiger partial charge is 0.242 e. The monoisotopic (exact) mass is 338 g/mol. The maximum atomic E-state index is 12.3. The number of carbonyl (C=O) groups excluding carboxylic acids is 2. The summed E-state index contributed by atoms with van der Waals surface area (Å²) in [6.07, 6.45) is 1.97. The highest BCUT2D eigenvalue weighted by Crippen LogP contribution is 2.20.